The Morgan fingerprint density at radius 2 is 2.11 bits per heavy atom. The van der Waals surface area contributed by atoms with Gasteiger partial charge in [0.05, 0.1) is 16.9 Å². The molecule has 0 radical (unpaired) electrons. The summed E-state index contributed by atoms with van der Waals surface area (Å²) in [5, 5.41) is 8.43. The van der Waals surface area contributed by atoms with Gasteiger partial charge in [-0.25, -0.2) is 9.67 Å². The summed E-state index contributed by atoms with van der Waals surface area (Å²) in [5.41, 5.74) is 2.07. The molecule has 0 saturated carbocycles. The zero-order chi connectivity index (χ0) is 14.0. The van der Waals surface area contributed by atoms with Gasteiger partial charge in [0.15, 0.2) is 5.82 Å². The van der Waals surface area contributed by atoms with Crippen molar-refractivity contribution in [1.29, 1.82) is 0 Å². The van der Waals surface area contributed by atoms with Gasteiger partial charge in [-0.15, -0.1) is 0 Å². The topological polar surface area (TPSA) is 42.7 Å². The molecule has 0 saturated heterocycles. The standard InChI is InChI=1S/C14H19ClN4/c1-10-12(15)9-19(18-10)13-7-11(5-6-16-13)8-17-14(2,3)4/h5-7,9,17H,8H2,1-4H3. The number of nitrogens with zero attached hydrogens (tertiary/aromatic N) is 3. The maximum absolute atomic E-state index is 6.02. The summed E-state index contributed by atoms with van der Waals surface area (Å²) >= 11 is 6.02. The van der Waals surface area contributed by atoms with Crippen molar-refractivity contribution in [3.8, 4) is 5.82 Å². The highest BCUT2D eigenvalue weighted by Crippen LogP contribution is 2.16. The van der Waals surface area contributed by atoms with Crippen molar-refractivity contribution >= 4 is 11.6 Å². The molecule has 2 aromatic rings. The Bertz CT molecular complexity index is 550. The van der Waals surface area contributed by atoms with Crippen LogP contribution in [0.4, 0.5) is 0 Å². The fourth-order valence-corrected chi connectivity index (χ4v) is 1.75. The maximum atomic E-state index is 6.02. The van der Waals surface area contributed by atoms with Gasteiger partial charge in [-0.1, -0.05) is 11.6 Å². The SMILES string of the molecule is Cc1nn(-c2cc(CNC(C)(C)C)ccn2)cc1Cl. The molecular weight excluding hydrogens is 260 g/mol. The van der Waals surface area contributed by atoms with Crippen LogP contribution in [0.5, 0.6) is 0 Å². The van der Waals surface area contributed by atoms with Gasteiger partial charge in [0.2, 0.25) is 0 Å². The smallest absolute Gasteiger partial charge is 0.153 e. The summed E-state index contributed by atoms with van der Waals surface area (Å²) < 4.78 is 1.71. The van der Waals surface area contributed by atoms with E-state index in [9.17, 15) is 0 Å². The monoisotopic (exact) mass is 278 g/mol. The Hall–Kier alpha value is -1.39. The number of aryl methyl sites for hydroxylation is 1. The molecule has 0 aliphatic rings. The van der Waals surface area contributed by atoms with E-state index in [-0.39, 0.29) is 5.54 Å². The minimum absolute atomic E-state index is 0.0923. The predicted octanol–water partition coefficient (Wildman–Crippen LogP) is 3.12. The molecule has 0 unspecified atom stereocenters. The Labute approximate surface area is 118 Å². The van der Waals surface area contributed by atoms with Crippen LogP contribution in [0.3, 0.4) is 0 Å². The van der Waals surface area contributed by atoms with Crippen molar-refractivity contribution in [3.63, 3.8) is 0 Å². The zero-order valence-electron chi connectivity index (χ0n) is 11.7. The number of nitrogens with one attached hydrogen (secondary N) is 1. The van der Waals surface area contributed by atoms with Crippen molar-refractivity contribution < 1.29 is 0 Å². The second-order valence-corrected chi connectivity index (χ2v) is 6.04. The van der Waals surface area contributed by atoms with E-state index >= 15 is 0 Å². The van der Waals surface area contributed by atoms with Crippen LogP contribution in [0.2, 0.25) is 5.02 Å². The summed E-state index contributed by atoms with van der Waals surface area (Å²) in [6.45, 7) is 9.11. The lowest BCUT2D eigenvalue weighted by molar-refractivity contribution is 0.424. The van der Waals surface area contributed by atoms with Crippen LogP contribution in [-0.4, -0.2) is 20.3 Å². The van der Waals surface area contributed by atoms with Crippen molar-refractivity contribution in [2.75, 3.05) is 0 Å². The second kappa shape index (κ2) is 5.31. The predicted molar refractivity (Wildman–Crippen MR) is 77.7 cm³/mol. The summed E-state index contributed by atoms with van der Waals surface area (Å²) in [6, 6.07) is 4.02. The van der Waals surface area contributed by atoms with Crippen LogP contribution in [0.15, 0.2) is 24.5 Å². The Morgan fingerprint density at radius 3 is 2.68 bits per heavy atom. The van der Waals surface area contributed by atoms with Gasteiger partial charge in [-0.3, -0.25) is 0 Å². The number of pyridine rings is 1. The molecule has 0 bridgehead atoms. The molecule has 19 heavy (non-hydrogen) atoms. The lowest BCUT2D eigenvalue weighted by atomic mass is 10.1. The van der Waals surface area contributed by atoms with Gasteiger partial charge >= 0.3 is 0 Å². The third-order valence-electron chi connectivity index (χ3n) is 2.71. The fraction of sp³-hybridized carbons (Fsp3) is 0.429. The molecule has 0 spiro atoms. The summed E-state index contributed by atoms with van der Waals surface area (Å²) in [5.74, 6) is 0.781. The Kier molecular flexibility index (Phi) is 3.92. The highest BCUT2D eigenvalue weighted by Gasteiger charge is 2.09. The van der Waals surface area contributed by atoms with Gasteiger partial charge in [-0.05, 0) is 45.4 Å². The van der Waals surface area contributed by atoms with E-state index in [1.165, 1.54) is 5.56 Å². The first-order chi connectivity index (χ1) is 8.85. The maximum Gasteiger partial charge on any atom is 0.153 e. The average molecular weight is 279 g/mol. The molecule has 5 heteroatoms. The molecule has 1 N–H and O–H groups in total. The van der Waals surface area contributed by atoms with Crippen LogP contribution in [0, 0.1) is 6.92 Å². The van der Waals surface area contributed by atoms with Crippen molar-refractivity contribution in [2.24, 2.45) is 0 Å². The molecule has 0 aliphatic carbocycles. The molecule has 2 rings (SSSR count). The molecule has 0 aliphatic heterocycles. The van der Waals surface area contributed by atoms with Gasteiger partial charge in [0.25, 0.3) is 0 Å². The molecule has 4 nitrogen and oxygen atoms in total. The fourth-order valence-electron chi connectivity index (χ4n) is 1.62. The van der Waals surface area contributed by atoms with Crippen LogP contribution < -0.4 is 5.32 Å². The Balaban J connectivity index is 2.19. The van der Waals surface area contributed by atoms with E-state index in [0.29, 0.717) is 5.02 Å². The second-order valence-electron chi connectivity index (χ2n) is 5.63. The van der Waals surface area contributed by atoms with Crippen LogP contribution in [0.1, 0.15) is 32.0 Å². The van der Waals surface area contributed by atoms with Gasteiger partial charge in [-0.2, -0.15) is 5.10 Å². The zero-order valence-corrected chi connectivity index (χ0v) is 12.5. The van der Waals surface area contributed by atoms with Gasteiger partial charge < -0.3 is 5.32 Å². The number of hydrogen-bond acceptors (Lipinski definition) is 3. The minimum atomic E-state index is 0.0923. The third-order valence-corrected chi connectivity index (χ3v) is 3.08. The van der Waals surface area contributed by atoms with E-state index in [0.717, 1.165) is 18.1 Å². The molecule has 0 atom stereocenters. The summed E-state index contributed by atoms with van der Waals surface area (Å²) in [4.78, 5) is 4.32. The molecular formula is C14H19ClN4. The number of halogens is 1. The average Bonchev–Trinajstić information content (AvgIpc) is 2.67. The molecule has 102 valence electrons. The lowest BCUT2D eigenvalue weighted by Gasteiger charge is -2.20. The molecule has 0 aromatic carbocycles. The van der Waals surface area contributed by atoms with Crippen molar-refractivity contribution in [3.05, 3.63) is 40.8 Å². The number of rotatable bonds is 3. The van der Waals surface area contributed by atoms with Gasteiger partial charge in [0, 0.05) is 18.3 Å². The van der Waals surface area contributed by atoms with Crippen LogP contribution in [0.25, 0.3) is 5.82 Å². The first kappa shape index (κ1) is 14.0. The first-order valence-electron chi connectivity index (χ1n) is 6.27. The van der Waals surface area contributed by atoms with E-state index in [4.69, 9.17) is 11.6 Å². The highest BCUT2D eigenvalue weighted by molar-refractivity contribution is 6.31. The normalized spacial score (nSPS) is 11.8. The molecule has 0 fully saturated rings. The summed E-state index contributed by atoms with van der Waals surface area (Å²) in [6.07, 6.45) is 3.57. The molecule has 2 aromatic heterocycles. The van der Waals surface area contributed by atoms with E-state index in [2.05, 4.69) is 36.2 Å². The third kappa shape index (κ3) is 3.78. The molecule has 0 amide bonds. The number of hydrogen-bond donors (Lipinski definition) is 1. The van der Waals surface area contributed by atoms with E-state index in [1.807, 2.05) is 19.1 Å². The molecule has 2 heterocycles. The van der Waals surface area contributed by atoms with Crippen LogP contribution in [-0.2, 0) is 6.54 Å². The first-order valence-corrected chi connectivity index (χ1v) is 6.65. The lowest BCUT2D eigenvalue weighted by Crippen LogP contribution is -2.35. The quantitative estimate of drug-likeness (QED) is 0.938. The minimum Gasteiger partial charge on any atom is -0.308 e. The van der Waals surface area contributed by atoms with Crippen molar-refractivity contribution in [2.45, 2.75) is 39.8 Å². The summed E-state index contributed by atoms with van der Waals surface area (Å²) in [7, 11) is 0. The van der Waals surface area contributed by atoms with E-state index < -0.39 is 0 Å². The van der Waals surface area contributed by atoms with Gasteiger partial charge in [0.1, 0.15) is 0 Å². The van der Waals surface area contributed by atoms with Crippen LogP contribution >= 0.6 is 11.6 Å². The Morgan fingerprint density at radius 1 is 1.37 bits per heavy atom. The largest absolute Gasteiger partial charge is 0.308 e. The van der Waals surface area contributed by atoms with E-state index in [1.54, 1.807) is 17.1 Å². The number of aromatic nitrogens is 3. The highest BCUT2D eigenvalue weighted by atomic mass is 35.5. The van der Waals surface area contributed by atoms with Crippen molar-refractivity contribution in [1.82, 2.24) is 20.1 Å².